The number of ether oxygens (including phenoxy) is 2. The minimum Gasteiger partial charge on any atom is -0.458 e. The molecule has 7 nitrogen and oxygen atoms in total. The Labute approximate surface area is 150 Å². The van der Waals surface area contributed by atoms with Crippen molar-refractivity contribution in [2.75, 3.05) is 0 Å². The van der Waals surface area contributed by atoms with E-state index in [-0.39, 0.29) is 18.6 Å². The van der Waals surface area contributed by atoms with Gasteiger partial charge in [0.15, 0.2) is 0 Å². The second kappa shape index (κ2) is 9.75. The number of hydrogen-bond acceptors (Lipinski definition) is 6. The van der Waals surface area contributed by atoms with Crippen LogP contribution in [0.15, 0.2) is 0 Å². The number of carbonyl (C=O) groups excluding carboxylic acids is 3. The molecule has 0 aliphatic carbocycles. The van der Waals surface area contributed by atoms with E-state index in [0.29, 0.717) is 12.8 Å². The molecule has 25 heavy (non-hydrogen) atoms. The van der Waals surface area contributed by atoms with Crippen LogP contribution in [0.5, 0.6) is 0 Å². The number of rotatable bonds is 8. The minimum absolute atomic E-state index is 0.0663. The van der Waals surface area contributed by atoms with Crippen LogP contribution in [0.2, 0.25) is 0 Å². The zero-order valence-electron chi connectivity index (χ0n) is 16.5. The van der Waals surface area contributed by atoms with Gasteiger partial charge in [0, 0.05) is 19.3 Å². The van der Waals surface area contributed by atoms with Gasteiger partial charge in [-0.25, -0.2) is 9.59 Å². The second-order valence-electron chi connectivity index (χ2n) is 8.11. The molecule has 0 aromatic heterocycles. The third-order valence-corrected chi connectivity index (χ3v) is 2.88. The van der Waals surface area contributed by atoms with E-state index in [1.807, 2.05) is 6.92 Å². The summed E-state index contributed by atoms with van der Waals surface area (Å²) < 4.78 is 10.4. The lowest BCUT2D eigenvalue weighted by molar-refractivity contribution is -0.158. The van der Waals surface area contributed by atoms with Gasteiger partial charge in [0.25, 0.3) is 0 Å². The van der Waals surface area contributed by atoms with Crippen molar-refractivity contribution in [1.29, 1.82) is 0 Å². The third kappa shape index (κ3) is 12.4. The topological polar surface area (TPSA) is 102 Å². The van der Waals surface area contributed by atoms with Crippen molar-refractivity contribution >= 4 is 17.8 Å². The third-order valence-electron chi connectivity index (χ3n) is 2.88. The first-order valence-corrected chi connectivity index (χ1v) is 8.65. The van der Waals surface area contributed by atoms with Gasteiger partial charge in [-0.15, -0.1) is 0 Å². The Kier molecular flexibility index (Phi) is 9.11. The minimum atomic E-state index is -1.10. The Morgan fingerprint density at radius 1 is 1.00 bits per heavy atom. The van der Waals surface area contributed by atoms with Crippen LogP contribution in [0, 0.1) is 0 Å². The smallest absolute Gasteiger partial charge is 0.408 e. The number of carbonyl (C=O) groups is 3. The predicted octanol–water partition coefficient (Wildman–Crippen LogP) is 2.73. The summed E-state index contributed by atoms with van der Waals surface area (Å²) in [5, 5.41) is 12.5. The fourth-order valence-corrected chi connectivity index (χ4v) is 2.04. The summed E-state index contributed by atoms with van der Waals surface area (Å²) in [5.41, 5.74) is -1.47. The molecule has 0 aliphatic rings. The lowest BCUT2D eigenvalue weighted by Crippen LogP contribution is -2.47. The summed E-state index contributed by atoms with van der Waals surface area (Å²) in [4.78, 5) is 35.9. The summed E-state index contributed by atoms with van der Waals surface area (Å²) in [6.45, 7) is 12.1. The average molecular weight is 359 g/mol. The fourth-order valence-electron chi connectivity index (χ4n) is 2.04. The number of ketones is 1. The highest BCUT2D eigenvalue weighted by Crippen LogP contribution is 2.14. The molecule has 146 valence electrons. The molecule has 0 aromatic rings. The summed E-state index contributed by atoms with van der Waals surface area (Å²) >= 11 is 0. The molecule has 7 heteroatoms. The highest BCUT2D eigenvalue weighted by molar-refractivity contribution is 5.82. The van der Waals surface area contributed by atoms with Crippen LogP contribution < -0.4 is 5.32 Å². The van der Waals surface area contributed by atoms with Gasteiger partial charge in [0.05, 0.1) is 6.10 Å². The van der Waals surface area contributed by atoms with Crippen LogP contribution in [0.25, 0.3) is 0 Å². The van der Waals surface area contributed by atoms with Crippen molar-refractivity contribution in [3.05, 3.63) is 0 Å². The zero-order valence-corrected chi connectivity index (χ0v) is 16.5. The van der Waals surface area contributed by atoms with Crippen LogP contribution in [-0.4, -0.2) is 46.3 Å². The fraction of sp³-hybridized carbons (Fsp3) is 0.833. The molecule has 0 fully saturated rings. The number of hydrogen-bond donors (Lipinski definition) is 2. The Balaban J connectivity index is 4.97. The maximum absolute atomic E-state index is 12.3. The molecule has 0 rings (SSSR count). The molecule has 0 aliphatic heterocycles. The molecule has 0 radical (unpaired) electrons. The Hall–Kier alpha value is -1.63. The first kappa shape index (κ1) is 23.4. The van der Waals surface area contributed by atoms with Gasteiger partial charge in [-0.05, 0) is 48.0 Å². The van der Waals surface area contributed by atoms with Gasteiger partial charge in [0.1, 0.15) is 23.0 Å². The van der Waals surface area contributed by atoms with Crippen molar-refractivity contribution in [3.63, 3.8) is 0 Å². The Bertz CT molecular complexity index is 461. The maximum Gasteiger partial charge on any atom is 0.408 e. The van der Waals surface area contributed by atoms with Gasteiger partial charge in [-0.3, -0.25) is 4.79 Å². The molecule has 0 saturated heterocycles. The van der Waals surface area contributed by atoms with E-state index in [4.69, 9.17) is 9.47 Å². The van der Waals surface area contributed by atoms with Gasteiger partial charge in [-0.2, -0.15) is 0 Å². The maximum atomic E-state index is 12.3. The van der Waals surface area contributed by atoms with E-state index in [0.717, 1.165) is 0 Å². The van der Waals surface area contributed by atoms with Crippen molar-refractivity contribution in [2.45, 2.75) is 97.5 Å². The molecule has 2 N–H and O–H groups in total. The number of Topliss-reactive ketones (excluding diaryl/α,β-unsaturated/α-hetero) is 1. The number of aliphatic hydroxyl groups excluding tert-OH is 1. The van der Waals surface area contributed by atoms with E-state index in [1.54, 1.807) is 41.5 Å². The molecule has 0 bridgehead atoms. The number of alkyl carbamates (subject to hydrolysis) is 1. The van der Waals surface area contributed by atoms with E-state index in [9.17, 15) is 19.5 Å². The molecule has 0 heterocycles. The first-order chi connectivity index (χ1) is 11.2. The van der Waals surface area contributed by atoms with E-state index >= 15 is 0 Å². The normalized spacial score (nSPS) is 14.4. The van der Waals surface area contributed by atoms with Gasteiger partial charge in [0.2, 0.25) is 0 Å². The number of aliphatic hydroxyl groups is 1. The van der Waals surface area contributed by atoms with Crippen LogP contribution >= 0.6 is 0 Å². The number of nitrogens with one attached hydrogen (secondary N) is 1. The lowest BCUT2D eigenvalue weighted by atomic mass is 10.0. The predicted molar refractivity (Wildman–Crippen MR) is 94.2 cm³/mol. The molecule has 0 spiro atoms. The lowest BCUT2D eigenvalue weighted by Gasteiger charge is -2.27. The monoisotopic (exact) mass is 359 g/mol. The van der Waals surface area contributed by atoms with Crippen LogP contribution in [0.3, 0.4) is 0 Å². The molecule has 1 amide bonds. The van der Waals surface area contributed by atoms with Crippen molar-refractivity contribution in [2.24, 2.45) is 0 Å². The Morgan fingerprint density at radius 2 is 1.52 bits per heavy atom. The molecular formula is C18H33NO6. The summed E-state index contributed by atoms with van der Waals surface area (Å²) in [6.07, 6.45) is -0.959. The van der Waals surface area contributed by atoms with E-state index < -0.39 is 35.4 Å². The van der Waals surface area contributed by atoms with Gasteiger partial charge < -0.3 is 19.9 Å². The highest BCUT2D eigenvalue weighted by atomic mass is 16.6. The number of esters is 1. The van der Waals surface area contributed by atoms with Crippen molar-refractivity contribution in [3.8, 4) is 0 Å². The SMILES string of the molecule is CCCC(=O)CC(O)C[C@H](NC(=O)OC(C)(C)C)C(=O)OC(C)(C)C. The average Bonchev–Trinajstić information content (AvgIpc) is 2.33. The molecule has 0 saturated carbocycles. The van der Waals surface area contributed by atoms with Crippen LogP contribution in [-0.2, 0) is 19.1 Å². The van der Waals surface area contributed by atoms with Gasteiger partial charge in [-0.1, -0.05) is 6.92 Å². The standard InChI is InChI=1S/C18H33NO6/c1-8-9-12(20)10-13(21)11-14(15(22)24-17(2,3)4)19-16(23)25-18(5,6)7/h13-14,21H,8-11H2,1-7H3,(H,19,23)/t13?,14-/m0/s1. The highest BCUT2D eigenvalue weighted by Gasteiger charge is 2.30. The van der Waals surface area contributed by atoms with Crippen molar-refractivity contribution in [1.82, 2.24) is 5.32 Å². The first-order valence-electron chi connectivity index (χ1n) is 8.65. The van der Waals surface area contributed by atoms with E-state index in [1.165, 1.54) is 0 Å². The number of amides is 1. The second-order valence-corrected chi connectivity index (χ2v) is 8.11. The molecule has 0 aromatic carbocycles. The van der Waals surface area contributed by atoms with Crippen molar-refractivity contribution < 1.29 is 29.0 Å². The molecular weight excluding hydrogens is 326 g/mol. The van der Waals surface area contributed by atoms with E-state index in [2.05, 4.69) is 5.32 Å². The van der Waals surface area contributed by atoms with Crippen LogP contribution in [0.1, 0.15) is 74.1 Å². The van der Waals surface area contributed by atoms with Crippen LogP contribution in [0.4, 0.5) is 4.79 Å². The van der Waals surface area contributed by atoms with Gasteiger partial charge >= 0.3 is 12.1 Å². The zero-order chi connectivity index (χ0) is 19.8. The Morgan fingerprint density at radius 3 is 1.96 bits per heavy atom. The summed E-state index contributed by atoms with van der Waals surface area (Å²) in [6, 6.07) is -1.10. The summed E-state index contributed by atoms with van der Waals surface area (Å²) in [5.74, 6) is -0.768. The quantitative estimate of drug-likeness (QED) is 0.646. The largest absolute Gasteiger partial charge is 0.458 e. The summed E-state index contributed by atoms with van der Waals surface area (Å²) in [7, 11) is 0. The molecule has 2 atom stereocenters. The molecule has 1 unspecified atom stereocenters.